The Hall–Kier alpha value is -2.06. The van der Waals surface area contributed by atoms with Crippen molar-refractivity contribution in [1.82, 2.24) is 9.97 Å². The van der Waals surface area contributed by atoms with Crippen LogP contribution in [0.4, 0.5) is 11.4 Å². The highest BCUT2D eigenvalue weighted by Gasteiger charge is 2.17. The summed E-state index contributed by atoms with van der Waals surface area (Å²) in [5, 5.41) is 13.2. The van der Waals surface area contributed by atoms with Gasteiger partial charge in [-0.3, -0.25) is 14.9 Å². The molecule has 0 bridgehead atoms. The normalized spacial score (nSPS) is 10.2. The maximum atomic E-state index is 12.1. The van der Waals surface area contributed by atoms with Gasteiger partial charge in [0.1, 0.15) is 16.0 Å². The molecule has 0 fully saturated rings. The van der Waals surface area contributed by atoms with Gasteiger partial charge in [-0.2, -0.15) is 0 Å². The predicted octanol–water partition coefficient (Wildman–Crippen LogP) is 3.36. The van der Waals surface area contributed by atoms with Crippen LogP contribution in [0.5, 0.6) is 0 Å². The first-order valence-corrected chi connectivity index (χ1v) is 6.79. The largest absolute Gasteiger partial charge is 0.320 e. The smallest absolute Gasteiger partial charge is 0.288 e. The monoisotopic (exact) mass is 370 g/mol. The molecule has 1 amide bonds. The molecular formula is C12H8BrClN4O3. The average molecular weight is 372 g/mol. The number of aryl methyl sites for hydroxylation is 1. The van der Waals surface area contributed by atoms with Crippen molar-refractivity contribution in [2.75, 3.05) is 5.32 Å². The van der Waals surface area contributed by atoms with Crippen LogP contribution in [0, 0.1) is 17.0 Å². The van der Waals surface area contributed by atoms with E-state index in [1.165, 1.54) is 6.20 Å². The maximum Gasteiger partial charge on any atom is 0.288 e. The van der Waals surface area contributed by atoms with Gasteiger partial charge in [-0.05, 0) is 34.5 Å². The molecule has 108 valence electrons. The number of anilines is 1. The van der Waals surface area contributed by atoms with Crippen molar-refractivity contribution in [2.24, 2.45) is 0 Å². The number of carbonyl (C=O) groups excluding carboxylic acids is 1. The Kier molecular flexibility index (Phi) is 4.49. The van der Waals surface area contributed by atoms with E-state index < -0.39 is 10.8 Å². The highest BCUT2D eigenvalue weighted by Crippen LogP contribution is 2.21. The Labute approximate surface area is 132 Å². The van der Waals surface area contributed by atoms with Crippen LogP contribution in [-0.2, 0) is 0 Å². The fraction of sp³-hybridized carbons (Fsp3) is 0.0833. The highest BCUT2D eigenvalue weighted by molar-refractivity contribution is 9.10. The molecular weight excluding hydrogens is 364 g/mol. The second-order valence-corrected chi connectivity index (χ2v) is 5.18. The fourth-order valence-electron chi connectivity index (χ4n) is 1.52. The zero-order chi connectivity index (χ0) is 15.6. The second kappa shape index (κ2) is 6.15. The number of halogens is 2. The molecule has 7 nitrogen and oxygen atoms in total. The van der Waals surface area contributed by atoms with Crippen LogP contribution in [-0.4, -0.2) is 20.8 Å². The van der Waals surface area contributed by atoms with Crippen molar-refractivity contribution in [3.8, 4) is 0 Å². The summed E-state index contributed by atoms with van der Waals surface area (Å²) in [5.41, 5.74) is 0.889. The lowest BCUT2D eigenvalue weighted by molar-refractivity contribution is -0.385. The summed E-state index contributed by atoms with van der Waals surface area (Å²) >= 11 is 9.05. The third-order valence-electron chi connectivity index (χ3n) is 2.55. The van der Waals surface area contributed by atoms with E-state index in [2.05, 4.69) is 31.2 Å². The number of nitro groups is 1. The minimum Gasteiger partial charge on any atom is -0.320 e. The van der Waals surface area contributed by atoms with Gasteiger partial charge in [0, 0.05) is 6.07 Å². The van der Waals surface area contributed by atoms with Gasteiger partial charge in [0.2, 0.25) is 0 Å². The van der Waals surface area contributed by atoms with E-state index in [0.717, 1.165) is 17.8 Å². The molecule has 0 spiro atoms. The van der Waals surface area contributed by atoms with Crippen LogP contribution < -0.4 is 5.32 Å². The minimum absolute atomic E-state index is 0.0774. The molecule has 0 aromatic carbocycles. The van der Waals surface area contributed by atoms with Crippen molar-refractivity contribution in [3.05, 3.63) is 55.5 Å². The highest BCUT2D eigenvalue weighted by atomic mass is 79.9. The van der Waals surface area contributed by atoms with Crippen molar-refractivity contribution >= 4 is 44.8 Å². The van der Waals surface area contributed by atoms with Crippen molar-refractivity contribution < 1.29 is 9.72 Å². The lowest BCUT2D eigenvalue weighted by Gasteiger charge is -2.07. The topological polar surface area (TPSA) is 98.0 Å². The molecule has 2 aromatic rings. The van der Waals surface area contributed by atoms with Crippen molar-refractivity contribution in [2.45, 2.75) is 6.92 Å². The van der Waals surface area contributed by atoms with Gasteiger partial charge in [0.25, 0.3) is 11.6 Å². The van der Waals surface area contributed by atoms with Crippen LogP contribution in [0.2, 0.25) is 5.15 Å². The Morgan fingerprint density at radius 3 is 2.71 bits per heavy atom. The maximum absolute atomic E-state index is 12.1. The standard InChI is InChI=1S/C12H8BrClN4O3/c1-6-2-7(4-15-10(6)13)17-12(19)9-3-8(18(20)21)5-16-11(9)14/h2-5H,1H3,(H,17,19). The number of rotatable bonds is 3. The molecule has 2 rings (SSSR count). The number of aromatic nitrogens is 2. The van der Waals surface area contributed by atoms with E-state index in [9.17, 15) is 14.9 Å². The Morgan fingerprint density at radius 1 is 1.38 bits per heavy atom. The summed E-state index contributed by atoms with van der Waals surface area (Å²) in [5.74, 6) is -0.597. The number of carbonyl (C=O) groups is 1. The van der Waals surface area contributed by atoms with Gasteiger partial charge in [-0.25, -0.2) is 9.97 Å². The van der Waals surface area contributed by atoms with Crippen LogP contribution in [0.15, 0.2) is 29.1 Å². The van der Waals surface area contributed by atoms with E-state index >= 15 is 0 Å². The number of pyridine rings is 2. The SMILES string of the molecule is Cc1cc(NC(=O)c2cc([N+](=O)[O-])cnc2Cl)cnc1Br. The summed E-state index contributed by atoms with van der Waals surface area (Å²) in [4.78, 5) is 29.8. The summed E-state index contributed by atoms with van der Waals surface area (Å²) in [6, 6.07) is 2.78. The summed E-state index contributed by atoms with van der Waals surface area (Å²) < 4.78 is 0.663. The van der Waals surface area contributed by atoms with Crippen LogP contribution in [0.25, 0.3) is 0 Å². The van der Waals surface area contributed by atoms with Crippen LogP contribution in [0.1, 0.15) is 15.9 Å². The second-order valence-electron chi connectivity index (χ2n) is 4.07. The van der Waals surface area contributed by atoms with E-state index in [1.807, 2.05) is 6.92 Å². The summed E-state index contributed by atoms with van der Waals surface area (Å²) in [6.07, 6.45) is 2.44. The average Bonchev–Trinajstić information content (AvgIpc) is 2.43. The molecule has 0 aliphatic rings. The number of nitrogens with zero attached hydrogens (tertiary/aromatic N) is 3. The van der Waals surface area contributed by atoms with Crippen LogP contribution >= 0.6 is 27.5 Å². The summed E-state index contributed by atoms with van der Waals surface area (Å²) in [7, 11) is 0. The third kappa shape index (κ3) is 3.53. The lowest BCUT2D eigenvalue weighted by atomic mass is 10.2. The Bertz CT molecular complexity index is 738. The van der Waals surface area contributed by atoms with Gasteiger partial charge in [-0.15, -0.1) is 0 Å². The zero-order valence-corrected chi connectivity index (χ0v) is 13.0. The van der Waals surface area contributed by atoms with E-state index in [0.29, 0.717) is 10.3 Å². The van der Waals surface area contributed by atoms with Gasteiger partial charge >= 0.3 is 0 Å². The molecule has 0 atom stereocenters. The molecule has 0 aliphatic carbocycles. The van der Waals surface area contributed by atoms with Crippen molar-refractivity contribution in [3.63, 3.8) is 0 Å². The molecule has 2 aromatic heterocycles. The quantitative estimate of drug-likeness (QED) is 0.507. The first-order valence-electron chi connectivity index (χ1n) is 5.62. The van der Waals surface area contributed by atoms with E-state index in [-0.39, 0.29) is 16.4 Å². The first kappa shape index (κ1) is 15.3. The van der Waals surface area contributed by atoms with Crippen molar-refractivity contribution in [1.29, 1.82) is 0 Å². The molecule has 0 radical (unpaired) electrons. The van der Waals surface area contributed by atoms with Crippen LogP contribution in [0.3, 0.4) is 0 Å². The molecule has 0 saturated carbocycles. The number of hydrogen-bond donors (Lipinski definition) is 1. The first-order chi connectivity index (χ1) is 9.88. The molecule has 9 heteroatoms. The molecule has 2 heterocycles. The van der Waals surface area contributed by atoms with E-state index in [1.54, 1.807) is 6.07 Å². The predicted molar refractivity (Wildman–Crippen MR) is 80.5 cm³/mol. The summed E-state index contributed by atoms with van der Waals surface area (Å²) in [6.45, 7) is 1.81. The van der Waals surface area contributed by atoms with E-state index in [4.69, 9.17) is 11.6 Å². The number of amides is 1. The fourth-order valence-corrected chi connectivity index (χ4v) is 1.93. The minimum atomic E-state index is -0.647. The zero-order valence-electron chi connectivity index (χ0n) is 10.6. The molecule has 0 saturated heterocycles. The molecule has 0 aliphatic heterocycles. The Morgan fingerprint density at radius 2 is 2.10 bits per heavy atom. The molecule has 1 N–H and O–H groups in total. The molecule has 0 unspecified atom stereocenters. The van der Waals surface area contributed by atoms with Gasteiger partial charge in [0.05, 0.1) is 22.4 Å². The van der Waals surface area contributed by atoms with Gasteiger partial charge in [0.15, 0.2) is 0 Å². The lowest BCUT2D eigenvalue weighted by Crippen LogP contribution is -2.13. The molecule has 21 heavy (non-hydrogen) atoms. The number of nitrogens with one attached hydrogen (secondary N) is 1. The van der Waals surface area contributed by atoms with Gasteiger partial charge < -0.3 is 5.32 Å². The van der Waals surface area contributed by atoms with Gasteiger partial charge in [-0.1, -0.05) is 11.6 Å². The number of hydrogen-bond acceptors (Lipinski definition) is 5. The third-order valence-corrected chi connectivity index (χ3v) is 3.68. The Balaban J connectivity index is 2.29.